The highest BCUT2D eigenvalue weighted by atomic mass is 19.4. The molecule has 0 aliphatic carbocycles. The monoisotopic (exact) mass is 356 g/mol. The van der Waals surface area contributed by atoms with Gasteiger partial charge in [0.25, 0.3) is 0 Å². The summed E-state index contributed by atoms with van der Waals surface area (Å²) in [4.78, 5) is 13.8. The molecular formula is C19H27F3N2O. The normalized spacial score (nSPS) is 19.0. The number of hydrogen-bond donors (Lipinski definition) is 1. The van der Waals surface area contributed by atoms with Gasteiger partial charge >= 0.3 is 6.18 Å². The summed E-state index contributed by atoms with van der Waals surface area (Å²) in [5.41, 5.74) is -0.131. The first-order valence-electron chi connectivity index (χ1n) is 9.04. The first kappa shape index (κ1) is 19.8. The van der Waals surface area contributed by atoms with Crippen LogP contribution in [0.15, 0.2) is 24.3 Å². The van der Waals surface area contributed by atoms with Crippen molar-refractivity contribution < 1.29 is 18.0 Å². The highest BCUT2D eigenvalue weighted by Gasteiger charge is 2.33. The Morgan fingerprint density at radius 3 is 2.80 bits per heavy atom. The number of alkyl halides is 3. The number of benzene rings is 1. The van der Waals surface area contributed by atoms with Gasteiger partial charge in [-0.05, 0) is 56.7 Å². The van der Waals surface area contributed by atoms with Gasteiger partial charge in [-0.15, -0.1) is 0 Å². The van der Waals surface area contributed by atoms with Crippen molar-refractivity contribution in [2.75, 3.05) is 26.2 Å². The number of rotatable bonds is 7. The Balaban J connectivity index is 1.84. The standard InChI is InChI=1S/C19H27F3N2O/c1-2-23-18(25)11-13-24-12-5-6-15(14-24)9-10-16-7-3-4-8-17(16)19(20,21)22/h3-4,7-8,15H,2,5-6,9-14H2,1H3,(H,23,25). The second-order valence-electron chi connectivity index (χ2n) is 6.71. The molecule has 1 fully saturated rings. The van der Waals surface area contributed by atoms with Crippen molar-refractivity contribution in [3.05, 3.63) is 35.4 Å². The molecule has 1 aromatic rings. The fourth-order valence-corrected chi connectivity index (χ4v) is 3.51. The SMILES string of the molecule is CCNC(=O)CCN1CCCC(CCc2ccccc2C(F)(F)F)C1. The molecule has 0 bridgehead atoms. The van der Waals surface area contributed by atoms with Gasteiger partial charge in [0.2, 0.25) is 5.91 Å². The zero-order valence-corrected chi connectivity index (χ0v) is 14.7. The average molecular weight is 356 g/mol. The molecule has 0 aromatic heterocycles. The van der Waals surface area contributed by atoms with Crippen LogP contribution in [0.3, 0.4) is 0 Å². The van der Waals surface area contributed by atoms with Crippen LogP contribution in [0, 0.1) is 5.92 Å². The number of carbonyl (C=O) groups excluding carboxylic acids is 1. The number of hydrogen-bond acceptors (Lipinski definition) is 2. The summed E-state index contributed by atoms with van der Waals surface area (Å²) < 4.78 is 39.2. The van der Waals surface area contributed by atoms with Gasteiger partial charge in [-0.2, -0.15) is 13.2 Å². The molecule has 1 N–H and O–H groups in total. The average Bonchev–Trinajstić information content (AvgIpc) is 2.58. The van der Waals surface area contributed by atoms with Gasteiger partial charge in [0, 0.05) is 26.1 Å². The third-order valence-electron chi connectivity index (χ3n) is 4.78. The molecule has 140 valence electrons. The number of nitrogens with one attached hydrogen (secondary N) is 1. The molecule has 1 saturated heterocycles. The Labute approximate surface area is 147 Å². The summed E-state index contributed by atoms with van der Waals surface area (Å²) >= 11 is 0. The van der Waals surface area contributed by atoms with Crippen molar-refractivity contribution in [3.8, 4) is 0 Å². The fraction of sp³-hybridized carbons (Fsp3) is 0.632. The van der Waals surface area contributed by atoms with Crippen molar-refractivity contribution in [2.24, 2.45) is 5.92 Å². The van der Waals surface area contributed by atoms with Crippen molar-refractivity contribution in [3.63, 3.8) is 0 Å². The summed E-state index contributed by atoms with van der Waals surface area (Å²) in [5, 5.41) is 2.79. The lowest BCUT2D eigenvalue weighted by Crippen LogP contribution is -2.38. The first-order chi connectivity index (χ1) is 11.9. The summed E-state index contributed by atoms with van der Waals surface area (Å²) in [6.07, 6.45) is -0.513. The number of aryl methyl sites for hydroxylation is 1. The molecule has 6 heteroatoms. The second kappa shape index (κ2) is 9.22. The predicted octanol–water partition coefficient (Wildman–Crippen LogP) is 3.88. The van der Waals surface area contributed by atoms with E-state index in [4.69, 9.17) is 0 Å². The minimum absolute atomic E-state index is 0.0590. The fourth-order valence-electron chi connectivity index (χ4n) is 3.51. The maximum atomic E-state index is 13.1. The van der Waals surface area contributed by atoms with Crippen LogP contribution in [0.1, 0.15) is 43.7 Å². The molecule has 1 aliphatic rings. The summed E-state index contributed by atoms with van der Waals surface area (Å²) in [7, 11) is 0. The van der Waals surface area contributed by atoms with Gasteiger partial charge in [-0.1, -0.05) is 18.2 Å². The smallest absolute Gasteiger partial charge is 0.356 e. The molecule has 1 amide bonds. The lowest BCUT2D eigenvalue weighted by atomic mass is 9.90. The van der Waals surface area contributed by atoms with E-state index in [0.717, 1.165) is 45.0 Å². The third kappa shape index (κ3) is 6.34. The van der Waals surface area contributed by atoms with Gasteiger partial charge in [0.15, 0.2) is 0 Å². The third-order valence-corrected chi connectivity index (χ3v) is 4.78. The summed E-state index contributed by atoms with van der Waals surface area (Å²) in [5.74, 6) is 0.452. The Bertz CT molecular complexity index is 560. The van der Waals surface area contributed by atoms with E-state index in [2.05, 4.69) is 10.2 Å². The van der Waals surface area contributed by atoms with Crippen LogP contribution in [0.2, 0.25) is 0 Å². The number of halogens is 3. The number of likely N-dealkylation sites (tertiary alicyclic amines) is 1. The zero-order valence-electron chi connectivity index (χ0n) is 14.7. The molecule has 1 aliphatic heterocycles. The number of piperidine rings is 1. The Kier molecular flexibility index (Phi) is 7.29. The molecular weight excluding hydrogens is 329 g/mol. The van der Waals surface area contributed by atoms with Gasteiger partial charge < -0.3 is 10.2 Å². The zero-order chi connectivity index (χ0) is 18.3. The van der Waals surface area contributed by atoms with Crippen molar-refractivity contribution in [1.29, 1.82) is 0 Å². The maximum Gasteiger partial charge on any atom is 0.416 e. The van der Waals surface area contributed by atoms with Gasteiger partial charge in [0.1, 0.15) is 0 Å². The minimum Gasteiger partial charge on any atom is -0.356 e. The summed E-state index contributed by atoms with van der Waals surface area (Å²) in [6.45, 7) is 5.10. The molecule has 0 radical (unpaired) electrons. The van der Waals surface area contributed by atoms with E-state index < -0.39 is 11.7 Å². The van der Waals surface area contributed by atoms with Crippen molar-refractivity contribution in [2.45, 2.75) is 45.2 Å². The van der Waals surface area contributed by atoms with Crippen molar-refractivity contribution >= 4 is 5.91 Å². The second-order valence-corrected chi connectivity index (χ2v) is 6.71. The van der Waals surface area contributed by atoms with E-state index in [0.29, 0.717) is 30.9 Å². The van der Waals surface area contributed by atoms with Gasteiger partial charge in [-0.3, -0.25) is 4.79 Å². The van der Waals surface area contributed by atoms with E-state index >= 15 is 0 Å². The number of carbonyl (C=O) groups is 1. The molecule has 1 unspecified atom stereocenters. The molecule has 25 heavy (non-hydrogen) atoms. The quantitative estimate of drug-likeness (QED) is 0.804. The van der Waals surface area contributed by atoms with E-state index in [1.165, 1.54) is 6.07 Å². The number of nitrogens with zero attached hydrogens (tertiary/aromatic N) is 1. The van der Waals surface area contributed by atoms with E-state index in [1.54, 1.807) is 12.1 Å². The molecule has 3 nitrogen and oxygen atoms in total. The highest BCUT2D eigenvalue weighted by molar-refractivity contribution is 5.75. The van der Waals surface area contributed by atoms with Crippen LogP contribution in [0.5, 0.6) is 0 Å². The maximum absolute atomic E-state index is 13.1. The highest BCUT2D eigenvalue weighted by Crippen LogP contribution is 2.33. The minimum atomic E-state index is -4.29. The van der Waals surface area contributed by atoms with Gasteiger partial charge in [0.05, 0.1) is 5.56 Å². The van der Waals surface area contributed by atoms with E-state index in [1.807, 2.05) is 6.92 Å². The molecule has 2 rings (SSSR count). The lowest BCUT2D eigenvalue weighted by Gasteiger charge is -2.32. The molecule has 1 aromatic carbocycles. The van der Waals surface area contributed by atoms with Gasteiger partial charge in [-0.25, -0.2) is 0 Å². The molecule has 0 spiro atoms. The first-order valence-corrected chi connectivity index (χ1v) is 9.04. The van der Waals surface area contributed by atoms with Crippen LogP contribution >= 0.6 is 0 Å². The lowest BCUT2D eigenvalue weighted by molar-refractivity contribution is -0.138. The van der Waals surface area contributed by atoms with Crippen molar-refractivity contribution in [1.82, 2.24) is 10.2 Å². The number of amides is 1. The largest absolute Gasteiger partial charge is 0.416 e. The van der Waals surface area contributed by atoms with E-state index in [-0.39, 0.29) is 5.91 Å². The topological polar surface area (TPSA) is 32.3 Å². The molecule has 0 saturated carbocycles. The molecule has 1 atom stereocenters. The van der Waals surface area contributed by atoms with Crippen LogP contribution in [0.25, 0.3) is 0 Å². The van der Waals surface area contributed by atoms with Crippen LogP contribution in [0.4, 0.5) is 13.2 Å². The Hall–Kier alpha value is -1.56. The van der Waals surface area contributed by atoms with Crippen LogP contribution in [-0.4, -0.2) is 37.0 Å². The predicted molar refractivity (Wildman–Crippen MR) is 92.2 cm³/mol. The summed E-state index contributed by atoms with van der Waals surface area (Å²) in [6, 6.07) is 5.85. The van der Waals surface area contributed by atoms with Crippen LogP contribution in [-0.2, 0) is 17.4 Å². The Morgan fingerprint density at radius 2 is 2.08 bits per heavy atom. The Morgan fingerprint density at radius 1 is 1.32 bits per heavy atom. The van der Waals surface area contributed by atoms with E-state index in [9.17, 15) is 18.0 Å². The van der Waals surface area contributed by atoms with Crippen LogP contribution < -0.4 is 5.32 Å². The molecule has 1 heterocycles.